The van der Waals surface area contributed by atoms with Crippen molar-refractivity contribution < 1.29 is 24.4 Å². The highest BCUT2D eigenvalue weighted by Gasteiger charge is 2.36. The average molecular weight is 508 g/mol. The van der Waals surface area contributed by atoms with Crippen LogP contribution in [0.3, 0.4) is 0 Å². The fourth-order valence-corrected chi connectivity index (χ4v) is 4.66. The number of amides is 3. The third kappa shape index (κ3) is 6.14. The summed E-state index contributed by atoms with van der Waals surface area (Å²) in [6.45, 7) is 1.17. The Bertz CT molecular complexity index is 1170. The van der Waals surface area contributed by atoms with Crippen LogP contribution in [-0.4, -0.2) is 50.9 Å². The lowest BCUT2D eigenvalue weighted by Gasteiger charge is -2.13. The molecule has 3 rings (SSSR count). The lowest BCUT2D eigenvalue weighted by molar-refractivity contribution is -0.387. The predicted molar refractivity (Wildman–Crippen MR) is 128 cm³/mol. The second-order valence-corrected chi connectivity index (χ2v) is 9.40. The molecule has 33 heavy (non-hydrogen) atoms. The summed E-state index contributed by atoms with van der Waals surface area (Å²) in [7, 11) is 0. The summed E-state index contributed by atoms with van der Waals surface area (Å²) in [5.74, 6) is -0.926. The fourth-order valence-electron chi connectivity index (χ4n) is 2.89. The van der Waals surface area contributed by atoms with Gasteiger partial charge in [-0.05, 0) is 54.1 Å². The number of hydrogen-bond donors (Lipinski definition) is 2. The van der Waals surface area contributed by atoms with Crippen LogP contribution in [0.2, 0.25) is 5.02 Å². The number of aliphatic hydroxyl groups excluding tert-OH is 1. The SMILES string of the molecule is Cc1ccc(Cl)cc1NC(=O)CN1C(=O)SC(=Cc2ccc(SCCO)c([N+](=O)[O-])c2)C1=O. The summed E-state index contributed by atoms with van der Waals surface area (Å²) in [4.78, 5) is 49.5. The van der Waals surface area contributed by atoms with E-state index in [1.807, 2.05) is 0 Å². The first-order valence-corrected chi connectivity index (χ1v) is 11.7. The number of nitrogens with one attached hydrogen (secondary N) is 1. The molecule has 1 fully saturated rings. The van der Waals surface area contributed by atoms with Crippen LogP contribution < -0.4 is 5.32 Å². The van der Waals surface area contributed by atoms with Crippen molar-refractivity contribution in [3.8, 4) is 0 Å². The highest BCUT2D eigenvalue weighted by atomic mass is 35.5. The highest BCUT2D eigenvalue weighted by molar-refractivity contribution is 8.18. The van der Waals surface area contributed by atoms with Gasteiger partial charge >= 0.3 is 0 Å². The molecule has 1 heterocycles. The second kappa shape index (κ2) is 10.8. The molecule has 3 amide bonds. The molecule has 0 bridgehead atoms. The number of carbonyl (C=O) groups is 3. The molecule has 1 aliphatic heterocycles. The molecule has 0 aromatic heterocycles. The van der Waals surface area contributed by atoms with Gasteiger partial charge in [0.05, 0.1) is 21.3 Å². The minimum atomic E-state index is -0.663. The summed E-state index contributed by atoms with van der Waals surface area (Å²) < 4.78 is 0. The van der Waals surface area contributed by atoms with Crippen LogP contribution in [0.1, 0.15) is 11.1 Å². The van der Waals surface area contributed by atoms with Crippen LogP contribution >= 0.6 is 35.1 Å². The van der Waals surface area contributed by atoms with Crippen molar-refractivity contribution in [1.29, 1.82) is 0 Å². The van der Waals surface area contributed by atoms with E-state index in [1.165, 1.54) is 18.2 Å². The second-order valence-electron chi connectivity index (χ2n) is 6.83. The molecule has 0 atom stereocenters. The van der Waals surface area contributed by atoms with E-state index in [1.54, 1.807) is 31.2 Å². The van der Waals surface area contributed by atoms with Gasteiger partial charge in [0.25, 0.3) is 16.8 Å². The number of rotatable bonds is 8. The van der Waals surface area contributed by atoms with Crippen LogP contribution in [0.5, 0.6) is 0 Å². The van der Waals surface area contributed by atoms with Crippen molar-refractivity contribution >= 4 is 69.6 Å². The standard InChI is InChI=1S/C21H18ClN3O6S2/c1-12-2-4-14(22)10-15(12)23-19(27)11-24-20(28)18(33-21(24)29)9-13-3-5-17(32-7-6-26)16(8-13)25(30)31/h2-5,8-10,26H,6-7,11H2,1H3,(H,23,27). The minimum absolute atomic E-state index is 0.0526. The molecule has 1 aliphatic rings. The third-order valence-corrected chi connectivity index (χ3v) is 6.66. The van der Waals surface area contributed by atoms with Gasteiger partial charge < -0.3 is 10.4 Å². The average Bonchev–Trinajstić information content (AvgIpc) is 3.02. The van der Waals surface area contributed by atoms with Crippen LogP contribution in [-0.2, 0) is 9.59 Å². The van der Waals surface area contributed by atoms with Crippen molar-refractivity contribution in [2.24, 2.45) is 0 Å². The van der Waals surface area contributed by atoms with E-state index < -0.39 is 28.5 Å². The summed E-state index contributed by atoms with van der Waals surface area (Å²) in [5, 5.41) is 22.8. The van der Waals surface area contributed by atoms with Crippen molar-refractivity contribution in [2.75, 3.05) is 24.2 Å². The van der Waals surface area contributed by atoms with Crippen LogP contribution in [0.25, 0.3) is 6.08 Å². The van der Waals surface area contributed by atoms with Gasteiger partial charge in [-0.2, -0.15) is 0 Å². The van der Waals surface area contributed by atoms with Gasteiger partial charge in [-0.1, -0.05) is 23.7 Å². The molecule has 12 heteroatoms. The van der Waals surface area contributed by atoms with Gasteiger partial charge in [-0.15, -0.1) is 11.8 Å². The van der Waals surface area contributed by atoms with E-state index in [4.69, 9.17) is 16.7 Å². The molecule has 2 aromatic carbocycles. The molecular weight excluding hydrogens is 490 g/mol. The van der Waals surface area contributed by atoms with Crippen LogP contribution in [0, 0.1) is 17.0 Å². The number of hydrogen-bond acceptors (Lipinski definition) is 8. The van der Waals surface area contributed by atoms with Gasteiger partial charge in [0.1, 0.15) is 6.54 Å². The van der Waals surface area contributed by atoms with Gasteiger partial charge in [-0.3, -0.25) is 29.4 Å². The Kier molecular flexibility index (Phi) is 8.14. The van der Waals surface area contributed by atoms with Gasteiger partial charge in [0.15, 0.2) is 0 Å². The van der Waals surface area contributed by atoms with E-state index in [-0.39, 0.29) is 17.2 Å². The predicted octanol–water partition coefficient (Wildman–Crippen LogP) is 4.32. The number of halogens is 1. The zero-order valence-corrected chi connectivity index (χ0v) is 19.6. The van der Waals surface area contributed by atoms with Gasteiger partial charge in [0, 0.05) is 22.5 Å². The summed E-state index contributed by atoms with van der Waals surface area (Å²) in [5.41, 5.74) is 1.43. The lowest BCUT2D eigenvalue weighted by atomic mass is 10.2. The highest BCUT2D eigenvalue weighted by Crippen LogP contribution is 2.35. The molecule has 2 aromatic rings. The van der Waals surface area contributed by atoms with E-state index in [0.29, 0.717) is 38.7 Å². The van der Waals surface area contributed by atoms with Crippen LogP contribution in [0.15, 0.2) is 46.2 Å². The first kappa shape index (κ1) is 24.8. The Morgan fingerprint density at radius 3 is 2.76 bits per heavy atom. The number of carbonyl (C=O) groups excluding carboxylic acids is 3. The molecule has 1 saturated heterocycles. The Morgan fingerprint density at radius 2 is 2.06 bits per heavy atom. The Labute approximate surface area is 202 Å². The number of nitro benzene ring substituents is 1. The Morgan fingerprint density at radius 1 is 1.30 bits per heavy atom. The summed E-state index contributed by atoms with van der Waals surface area (Å²) in [6.07, 6.45) is 1.37. The van der Waals surface area contributed by atoms with Crippen LogP contribution in [0.4, 0.5) is 16.2 Å². The van der Waals surface area contributed by atoms with Crippen molar-refractivity contribution in [1.82, 2.24) is 4.90 Å². The molecule has 9 nitrogen and oxygen atoms in total. The molecule has 0 aliphatic carbocycles. The van der Waals surface area contributed by atoms with E-state index in [9.17, 15) is 24.5 Å². The molecular formula is C21H18ClN3O6S2. The quantitative estimate of drug-likeness (QED) is 0.234. The number of aryl methyl sites for hydroxylation is 1. The minimum Gasteiger partial charge on any atom is -0.396 e. The summed E-state index contributed by atoms with van der Waals surface area (Å²) in [6, 6.07) is 9.37. The number of anilines is 1. The fraction of sp³-hybridized carbons (Fsp3) is 0.190. The largest absolute Gasteiger partial charge is 0.396 e. The Hall–Kier alpha value is -2.86. The number of nitro groups is 1. The third-order valence-electron chi connectivity index (χ3n) is 4.48. The molecule has 2 N–H and O–H groups in total. The van der Waals surface area contributed by atoms with E-state index >= 15 is 0 Å². The number of thioether (sulfide) groups is 2. The topological polar surface area (TPSA) is 130 Å². The summed E-state index contributed by atoms with van der Waals surface area (Å²) >= 11 is 7.73. The maximum Gasteiger partial charge on any atom is 0.294 e. The smallest absolute Gasteiger partial charge is 0.294 e. The van der Waals surface area contributed by atoms with Gasteiger partial charge in [0.2, 0.25) is 5.91 Å². The van der Waals surface area contributed by atoms with Crippen molar-refractivity contribution in [3.63, 3.8) is 0 Å². The van der Waals surface area contributed by atoms with Crippen molar-refractivity contribution in [3.05, 3.63) is 67.6 Å². The van der Waals surface area contributed by atoms with Gasteiger partial charge in [-0.25, -0.2) is 0 Å². The number of benzene rings is 2. The number of imide groups is 1. The van der Waals surface area contributed by atoms with Crippen molar-refractivity contribution in [2.45, 2.75) is 11.8 Å². The molecule has 172 valence electrons. The number of nitrogens with zero attached hydrogens (tertiary/aromatic N) is 2. The molecule has 0 saturated carbocycles. The zero-order chi connectivity index (χ0) is 24.1. The van der Waals surface area contributed by atoms with E-state index in [2.05, 4.69) is 5.32 Å². The first-order valence-electron chi connectivity index (χ1n) is 9.53. The molecule has 0 spiro atoms. The molecule has 0 radical (unpaired) electrons. The maximum absolute atomic E-state index is 12.7. The monoisotopic (exact) mass is 507 g/mol. The maximum atomic E-state index is 12.7. The lowest BCUT2D eigenvalue weighted by Crippen LogP contribution is -2.36. The molecule has 0 unspecified atom stereocenters. The Balaban J connectivity index is 1.75. The first-order chi connectivity index (χ1) is 15.7. The van der Waals surface area contributed by atoms with E-state index in [0.717, 1.165) is 22.2 Å². The normalized spacial score (nSPS) is 14.8. The number of aliphatic hydroxyl groups is 1. The zero-order valence-electron chi connectivity index (χ0n) is 17.2.